The van der Waals surface area contributed by atoms with E-state index in [0.29, 0.717) is 25.7 Å². The van der Waals surface area contributed by atoms with Crippen molar-refractivity contribution in [3.8, 4) is 17.2 Å². The van der Waals surface area contributed by atoms with Crippen LogP contribution in [0, 0.1) is 0 Å². The molecule has 2 aromatic carbocycles. The number of methoxy groups -OCH3 is 1. The molecule has 0 radical (unpaired) electrons. The Morgan fingerprint density at radius 2 is 1.72 bits per heavy atom. The average Bonchev–Trinajstić information content (AvgIpc) is 3.21. The fourth-order valence-electron chi connectivity index (χ4n) is 2.90. The van der Waals surface area contributed by atoms with Gasteiger partial charge in [0, 0.05) is 24.5 Å². The van der Waals surface area contributed by atoms with Crippen LogP contribution in [0.4, 0.5) is 5.69 Å². The lowest BCUT2D eigenvalue weighted by Gasteiger charge is -2.14. The van der Waals surface area contributed by atoms with Gasteiger partial charge >= 0.3 is 0 Å². The van der Waals surface area contributed by atoms with E-state index in [4.69, 9.17) is 14.2 Å². The van der Waals surface area contributed by atoms with Crippen LogP contribution in [0.3, 0.4) is 0 Å². The van der Waals surface area contributed by atoms with Gasteiger partial charge in [0.1, 0.15) is 23.9 Å². The molecule has 8 heteroatoms. The minimum absolute atomic E-state index is 0.137. The van der Waals surface area contributed by atoms with Crippen LogP contribution in [0.25, 0.3) is 0 Å². The van der Waals surface area contributed by atoms with Crippen LogP contribution in [0.15, 0.2) is 65.9 Å². The third-order valence-electron chi connectivity index (χ3n) is 4.39. The van der Waals surface area contributed by atoms with Crippen LogP contribution in [-0.2, 0) is 13.6 Å². The van der Waals surface area contributed by atoms with Gasteiger partial charge in [-0.05, 0) is 62.4 Å². The summed E-state index contributed by atoms with van der Waals surface area (Å²) in [6, 6.07) is 15.3. The van der Waals surface area contributed by atoms with Crippen LogP contribution >= 0.6 is 0 Å². The molecule has 0 unspecified atom stereocenters. The first-order valence-corrected chi connectivity index (χ1v) is 10.6. The molecule has 8 nitrogen and oxygen atoms in total. The van der Waals surface area contributed by atoms with Crippen LogP contribution in [0.2, 0.25) is 0 Å². The second-order valence-corrected chi connectivity index (χ2v) is 7.45. The van der Waals surface area contributed by atoms with Crippen molar-refractivity contribution in [3.63, 3.8) is 0 Å². The molecule has 3 aromatic rings. The van der Waals surface area contributed by atoms with Crippen LogP contribution in [0.5, 0.6) is 17.2 Å². The van der Waals surface area contributed by atoms with Gasteiger partial charge in [0.05, 0.1) is 32.5 Å². The van der Waals surface area contributed by atoms with E-state index >= 15 is 0 Å². The molecule has 0 aliphatic carbocycles. The number of aliphatic imine (C=N–C) groups is 1. The summed E-state index contributed by atoms with van der Waals surface area (Å²) in [6.45, 7) is 5.60. The molecule has 170 valence electrons. The highest BCUT2D eigenvalue weighted by atomic mass is 16.5. The predicted octanol–water partition coefficient (Wildman–Crippen LogP) is 3.85. The first-order chi connectivity index (χ1) is 15.5. The normalized spacial score (nSPS) is 11.3. The number of rotatable bonds is 10. The Kier molecular flexibility index (Phi) is 8.36. The van der Waals surface area contributed by atoms with Crippen molar-refractivity contribution in [2.75, 3.05) is 25.6 Å². The molecule has 0 fully saturated rings. The Balaban J connectivity index is 1.58. The molecular weight excluding hydrogens is 406 g/mol. The first kappa shape index (κ1) is 23.0. The van der Waals surface area contributed by atoms with Gasteiger partial charge in [0.15, 0.2) is 5.96 Å². The lowest BCUT2D eigenvalue weighted by Crippen LogP contribution is -2.34. The summed E-state index contributed by atoms with van der Waals surface area (Å²) in [5, 5.41) is 10.8. The maximum atomic E-state index is 5.79. The monoisotopic (exact) mass is 437 g/mol. The summed E-state index contributed by atoms with van der Waals surface area (Å²) < 4.78 is 18.4. The van der Waals surface area contributed by atoms with Crippen molar-refractivity contribution >= 4 is 11.6 Å². The molecule has 0 spiro atoms. The van der Waals surface area contributed by atoms with E-state index in [-0.39, 0.29) is 6.10 Å². The van der Waals surface area contributed by atoms with Gasteiger partial charge in [-0.2, -0.15) is 5.10 Å². The SMILES string of the molecule is COc1ccc(OCCNC(=NCc2cnn(C)c2)Nc2ccc(OC(C)C)cc2)cc1. The molecule has 3 rings (SSSR count). The van der Waals surface area contributed by atoms with Crippen molar-refractivity contribution in [1.29, 1.82) is 0 Å². The number of aryl methyl sites for hydroxylation is 1. The molecule has 0 saturated carbocycles. The minimum atomic E-state index is 0.137. The second-order valence-electron chi connectivity index (χ2n) is 7.45. The topological polar surface area (TPSA) is 81.9 Å². The van der Waals surface area contributed by atoms with Crippen LogP contribution in [0.1, 0.15) is 19.4 Å². The molecule has 0 bridgehead atoms. The van der Waals surface area contributed by atoms with E-state index < -0.39 is 0 Å². The summed E-state index contributed by atoms with van der Waals surface area (Å²) in [4.78, 5) is 4.68. The second kappa shape index (κ2) is 11.6. The largest absolute Gasteiger partial charge is 0.497 e. The Morgan fingerprint density at radius 1 is 1.03 bits per heavy atom. The van der Waals surface area contributed by atoms with Gasteiger partial charge in [-0.25, -0.2) is 4.99 Å². The quantitative estimate of drug-likeness (QED) is 0.285. The maximum absolute atomic E-state index is 5.79. The van der Waals surface area contributed by atoms with Gasteiger partial charge < -0.3 is 24.8 Å². The third kappa shape index (κ3) is 7.54. The number of nitrogens with zero attached hydrogens (tertiary/aromatic N) is 3. The summed E-state index contributed by atoms with van der Waals surface area (Å²) in [6.07, 6.45) is 3.90. The zero-order chi connectivity index (χ0) is 22.8. The number of anilines is 1. The van der Waals surface area contributed by atoms with E-state index in [1.165, 1.54) is 0 Å². The summed E-state index contributed by atoms with van der Waals surface area (Å²) in [5.74, 6) is 3.08. The van der Waals surface area contributed by atoms with E-state index in [1.54, 1.807) is 11.8 Å². The fourth-order valence-corrected chi connectivity index (χ4v) is 2.90. The smallest absolute Gasteiger partial charge is 0.196 e. The fraction of sp³-hybridized carbons (Fsp3) is 0.333. The molecule has 0 amide bonds. The molecule has 0 aliphatic rings. The standard InChI is InChI=1S/C24H31N5O3/c1-18(2)32-23-7-5-20(6-8-23)28-24(26-15-19-16-27-29(3)17-19)25-13-14-31-22-11-9-21(30-4)10-12-22/h5-12,16-18H,13-15H2,1-4H3,(H2,25,26,28). The molecular formula is C24H31N5O3. The number of nitrogens with one attached hydrogen (secondary N) is 2. The number of hydrogen-bond donors (Lipinski definition) is 2. The summed E-state index contributed by atoms with van der Waals surface area (Å²) in [5.41, 5.74) is 1.94. The van der Waals surface area contributed by atoms with Gasteiger partial charge in [0.2, 0.25) is 0 Å². The van der Waals surface area contributed by atoms with Gasteiger partial charge in [0.25, 0.3) is 0 Å². The first-order valence-electron chi connectivity index (χ1n) is 10.6. The molecule has 2 N–H and O–H groups in total. The van der Waals surface area contributed by atoms with Crippen LogP contribution in [-0.4, -0.2) is 42.1 Å². The number of ether oxygens (including phenoxy) is 3. The zero-order valence-corrected chi connectivity index (χ0v) is 19.0. The number of benzene rings is 2. The molecule has 0 saturated heterocycles. The van der Waals surface area contributed by atoms with Crippen molar-refractivity contribution < 1.29 is 14.2 Å². The van der Waals surface area contributed by atoms with Crippen molar-refractivity contribution in [3.05, 3.63) is 66.5 Å². The van der Waals surface area contributed by atoms with Crippen molar-refractivity contribution in [2.24, 2.45) is 12.0 Å². The summed E-state index contributed by atoms with van der Waals surface area (Å²) in [7, 11) is 3.53. The van der Waals surface area contributed by atoms with Gasteiger partial charge in [-0.1, -0.05) is 0 Å². The molecule has 32 heavy (non-hydrogen) atoms. The van der Waals surface area contributed by atoms with Gasteiger partial charge in [-0.15, -0.1) is 0 Å². The Morgan fingerprint density at radius 3 is 2.34 bits per heavy atom. The third-order valence-corrected chi connectivity index (χ3v) is 4.39. The van der Waals surface area contributed by atoms with E-state index in [2.05, 4.69) is 20.7 Å². The highest BCUT2D eigenvalue weighted by Crippen LogP contribution is 2.18. The van der Waals surface area contributed by atoms with E-state index in [1.807, 2.05) is 81.8 Å². The Bertz CT molecular complexity index is 982. The highest BCUT2D eigenvalue weighted by Gasteiger charge is 2.04. The highest BCUT2D eigenvalue weighted by molar-refractivity contribution is 5.93. The minimum Gasteiger partial charge on any atom is -0.497 e. The molecule has 0 aliphatic heterocycles. The Hall–Kier alpha value is -3.68. The zero-order valence-electron chi connectivity index (χ0n) is 19.0. The Labute approximate surface area is 189 Å². The van der Waals surface area contributed by atoms with Gasteiger partial charge in [-0.3, -0.25) is 4.68 Å². The molecule has 1 heterocycles. The van der Waals surface area contributed by atoms with E-state index in [0.717, 1.165) is 28.5 Å². The number of aromatic nitrogens is 2. The molecule has 0 atom stereocenters. The van der Waals surface area contributed by atoms with E-state index in [9.17, 15) is 0 Å². The predicted molar refractivity (Wildman–Crippen MR) is 127 cm³/mol. The lowest BCUT2D eigenvalue weighted by atomic mass is 10.3. The van der Waals surface area contributed by atoms with Crippen molar-refractivity contribution in [2.45, 2.75) is 26.5 Å². The van der Waals surface area contributed by atoms with Crippen LogP contribution < -0.4 is 24.8 Å². The molecule has 1 aromatic heterocycles. The number of hydrogen-bond acceptors (Lipinski definition) is 5. The number of guanidine groups is 1. The lowest BCUT2D eigenvalue weighted by molar-refractivity contribution is 0.242. The van der Waals surface area contributed by atoms with Crippen molar-refractivity contribution in [1.82, 2.24) is 15.1 Å². The maximum Gasteiger partial charge on any atom is 0.196 e. The average molecular weight is 438 g/mol. The summed E-state index contributed by atoms with van der Waals surface area (Å²) >= 11 is 0.